The lowest BCUT2D eigenvalue weighted by atomic mass is 10.1. The molecule has 0 bridgehead atoms. The van der Waals surface area contributed by atoms with Gasteiger partial charge in [-0.15, -0.1) is 0 Å². The lowest BCUT2D eigenvalue weighted by Gasteiger charge is -2.06. The number of H-pyrrole nitrogens is 1. The van der Waals surface area contributed by atoms with Crippen LogP contribution in [0.3, 0.4) is 0 Å². The summed E-state index contributed by atoms with van der Waals surface area (Å²) in [5.41, 5.74) is 1.93. The summed E-state index contributed by atoms with van der Waals surface area (Å²) in [5, 5.41) is 1.67. The molecule has 0 radical (unpaired) electrons. The Bertz CT molecular complexity index is 502. The number of fused-ring (bicyclic) bond motifs is 1. The number of hydrogen-bond donors (Lipinski definition) is 1. The predicted octanol–water partition coefficient (Wildman–Crippen LogP) is 3.37. The van der Waals surface area contributed by atoms with E-state index >= 15 is 0 Å². The molecule has 0 aliphatic rings. The zero-order valence-electron chi connectivity index (χ0n) is 9.84. The van der Waals surface area contributed by atoms with E-state index in [-0.39, 0.29) is 0 Å². The number of aromatic nitrogens is 3. The molecule has 86 valence electrons. The van der Waals surface area contributed by atoms with Crippen molar-refractivity contribution >= 4 is 22.6 Å². The van der Waals surface area contributed by atoms with E-state index in [9.17, 15) is 0 Å². The van der Waals surface area contributed by atoms with E-state index in [2.05, 4.69) is 35.7 Å². The summed E-state index contributed by atoms with van der Waals surface area (Å²) in [7, 11) is 0. The van der Waals surface area contributed by atoms with Gasteiger partial charge in [-0.3, -0.25) is 0 Å². The van der Waals surface area contributed by atoms with E-state index in [1.165, 1.54) is 0 Å². The quantitative estimate of drug-likeness (QED) is 0.889. The van der Waals surface area contributed by atoms with Gasteiger partial charge in [0.25, 0.3) is 0 Å². The lowest BCUT2D eigenvalue weighted by molar-refractivity contribution is 0.620. The van der Waals surface area contributed by atoms with Crippen molar-refractivity contribution in [2.45, 2.75) is 33.6 Å². The van der Waals surface area contributed by atoms with E-state index < -0.39 is 0 Å². The average Bonchev–Trinajstić information content (AvgIpc) is 2.56. The molecule has 2 aromatic heterocycles. The van der Waals surface area contributed by atoms with Crippen LogP contribution in [-0.4, -0.2) is 15.0 Å². The van der Waals surface area contributed by atoms with Crippen molar-refractivity contribution < 1.29 is 0 Å². The summed E-state index contributed by atoms with van der Waals surface area (Å²) >= 11 is 5.95. The molecule has 0 aliphatic heterocycles. The fraction of sp³-hybridized carbons (Fsp3) is 0.500. The van der Waals surface area contributed by atoms with Gasteiger partial charge in [0.1, 0.15) is 16.6 Å². The fourth-order valence-electron chi connectivity index (χ4n) is 1.82. The standard InChI is InChI=1S/C12H16ClN3/c1-4-9-8-6-10(13)15-12(8)16-11(14-9)5-7(2)3/h6-7H,4-5H2,1-3H3,(H,14,15,16). The van der Waals surface area contributed by atoms with Crippen molar-refractivity contribution in [2.75, 3.05) is 0 Å². The van der Waals surface area contributed by atoms with Crippen LogP contribution in [0, 0.1) is 5.92 Å². The minimum Gasteiger partial charge on any atom is -0.330 e. The molecule has 0 saturated heterocycles. The maximum atomic E-state index is 5.95. The minimum atomic E-state index is 0.563. The first-order valence-corrected chi connectivity index (χ1v) is 6.02. The molecule has 0 unspecified atom stereocenters. The number of halogens is 1. The van der Waals surface area contributed by atoms with Gasteiger partial charge in [0.15, 0.2) is 0 Å². The Morgan fingerprint density at radius 3 is 2.75 bits per heavy atom. The number of aromatic amines is 1. The van der Waals surface area contributed by atoms with E-state index in [1.807, 2.05) is 6.07 Å². The SMILES string of the molecule is CCc1nc(CC(C)C)nc2[nH]c(Cl)cc12. The second kappa shape index (κ2) is 4.42. The molecular weight excluding hydrogens is 222 g/mol. The monoisotopic (exact) mass is 237 g/mol. The molecule has 0 saturated carbocycles. The van der Waals surface area contributed by atoms with Crippen LogP contribution in [-0.2, 0) is 12.8 Å². The lowest BCUT2D eigenvalue weighted by Crippen LogP contribution is -2.03. The Kier molecular flexibility index (Phi) is 3.15. The minimum absolute atomic E-state index is 0.563. The van der Waals surface area contributed by atoms with Gasteiger partial charge in [-0.25, -0.2) is 9.97 Å². The average molecular weight is 238 g/mol. The smallest absolute Gasteiger partial charge is 0.142 e. The first-order valence-electron chi connectivity index (χ1n) is 5.64. The number of nitrogens with one attached hydrogen (secondary N) is 1. The Hall–Kier alpha value is -1.09. The summed E-state index contributed by atoms with van der Waals surface area (Å²) < 4.78 is 0. The van der Waals surface area contributed by atoms with Crippen LogP contribution in [0.2, 0.25) is 5.15 Å². The van der Waals surface area contributed by atoms with Crippen molar-refractivity contribution in [3.05, 3.63) is 22.7 Å². The molecule has 4 heteroatoms. The van der Waals surface area contributed by atoms with Gasteiger partial charge < -0.3 is 4.98 Å². The van der Waals surface area contributed by atoms with Crippen molar-refractivity contribution in [1.29, 1.82) is 0 Å². The Balaban J connectivity index is 2.53. The Morgan fingerprint density at radius 1 is 1.38 bits per heavy atom. The van der Waals surface area contributed by atoms with E-state index in [4.69, 9.17) is 11.6 Å². The molecule has 0 spiro atoms. The third kappa shape index (κ3) is 2.19. The van der Waals surface area contributed by atoms with Crippen LogP contribution < -0.4 is 0 Å². The van der Waals surface area contributed by atoms with Crippen molar-refractivity contribution in [3.8, 4) is 0 Å². The summed E-state index contributed by atoms with van der Waals surface area (Å²) in [4.78, 5) is 12.1. The number of nitrogens with zero attached hydrogens (tertiary/aromatic N) is 2. The van der Waals surface area contributed by atoms with Gasteiger partial charge in [-0.05, 0) is 18.4 Å². The highest BCUT2D eigenvalue weighted by atomic mass is 35.5. The topological polar surface area (TPSA) is 41.6 Å². The number of hydrogen-bond acceptors (Lipinski definition) is 2. The van der Waals surface area contributed by atoms with Crippen molar-refractivity contribution in [3.63, 3.8) is 0 Å². The van der Waals surface area contributed by atoms with Gasteiger partial charge in [0.05, 0.1) is 5.69 Å². The fourth-order valence-corrected chi connectivity index (χ4v) is 2.01. The molecule has 0 aliphatic carbocycles. The van der Waals surface area contributed by atoms with Gasteiger partial charge >= 0.3 is 0 Å². The van der Waals surface area contributed by atoms with Crippen LogP contribution in [0.1, 0.15) is 32.3 Å². The molecule has 0 fully saturated rings. The summed E-state index contributed by atoms with van der Waals surface area (Å²) in [5.74, 6) is 1.46. The van der Waals surface area contributed by atoms with Crippen molar-refractivity contribution in [1.82, 2.24) is 15.0 Å². The van der Waals surface area contributed by atoms with Gasteiger partial charge in [0.2, 0.25) is 0 Å². The maximum absolute atomic E-state index is 5.95. The molecule has 16 heavy (non-hydrogen) atoms. The molecule has 0 aromatic carbocycles. The predicted molar refractivity (Wildman–Crippen MR) is 66.8 cm³/mol. The number of aryl methyl sites for hydroxylation is 1. The molecular formula is C12H16ClN3. The highest BCUT2D eigenvalue weighted by Crippen LogP contribution is 2.21. The van der Waals surface area contributed by atoms with Crippen LogP contribution >= 0.6 is 11.6 Å². The van der Waals surface area contributed by atoms with Gasteiger partial charge in [-0.2, -0.15) is 0 Å². The van der Waals surface area contributed by atoms with Gasteiger partial charge in [-0.1, -0.05) is 32.4 Å². The van der Waals surface area contributed by atoms with E-state index in [0.717, 1.165) is 35.4 Å². The maximum Gasteiger partial charge on any atom is 0.142 e. The first-order chi connectivity index (χ1) is 7.60. The van der Waals surface area contributed by atoms with Crippen LogP contribution in [0.4, 0.5) is 0 Å². The summed E-state index contributed by atoms with van der Waals surface area (Å²) in [6, 6.07) is 1.90. The third-order valence-electron chi connectivity index (χ3n) is 2.51. The molecule has 2 heterocycles. The second-order valence-electron chi connectivity index (χ2n) is 4.42. The summed E-state index contributed by atoms with van der Waals surface area (Å²) in [6.45, 7) is 6.43. The highest BCUT2D eigenvalue weighted by molar-refractivity contribution is 6.30. The highest BCUT2D eigenvalue weighted by Gasteiger charge is 2.10. The van der Waals surface area contributed by atoms with E-state index in [0.29, 0.717) is 11.1 Å². The van der Waals surface area contributed by atoms with Crippen LogP contribution in [0.5, 0.6) is 0 Å². The molecule has 2 rings (SSSR count). The molecule has 0 amide bonds. The molecule has 3 nitrogen and oxygen atoms in total. The largest absolute Gasteiger partial charge is 0.330 e. The van der Waals surface area contributed by atoms with E-state index in [1.54, 1.807) is 0 Å². The first kappa shape index (κ1) is 11.4. The van der Waals surface area contributed by atoms with Crippen LogP contribution in [0.25, 0.3) is 11.0 Å². The Morgan fingerprint density at radius 2 is 2.12 bits per heavy atom. The third-order valence-corrected chi connectivity index (χ3v) is 2.71. The molecule has 2 aromatic rings. The zero-order valence-corrected chi connectivity index (χ0v) is 10.6. The molecule has 1 N–H and O–H groups in total. The zero-order chi connectivity index (χ0) is 11.7. The van der Waals surface area contributed by atoms with Crippen LogP contribution in [0.15, 0.2) is 6.07 Å². The van der Waals surface area contributed by atoms with Gasteiger partial charge in [0, 0.05) is 11.8 Å². The second-order valence-corrected chi connectivity index (χ2v) is 4.82. The number of rotatable bonds is 3. The summed E-state index contributed by atoms with van der Waals surface area (Å²) in [6.07, 6.45) is 1.80. The Labute approximate surface area is 100 Å². The normalized spacial score (nSPS) is 11.6. The van der Waals surface area contributed by atoms with Crippen molar-refractivity contribution in [2.24, 2.45) is 5.92 Å². The molecule has 0 atom stereocenters.